The van der Waals surface area contributed by atoms with Crippen LogP contribution in [-0.4, -0.2) is 30.3 Å². The van der Waals surface area contributed by atoms with Crippen molar-refractivity contribution in [1.29, 1.82) is 0 Å². The summed E-state index contributed by atoms with van der Waals surface area (Å²) in [6.07, 6.45) is 0.890. The molecular weight excluding hydrogens is 434 g/mol. The van der Waals surface area contributed by atoms with Crippen molar-refractivity contribution in [2.45, 2.75) is 11.9 Å². The van der Waals surface area contributed by atoms with Gasteiger partial charge in [-0.05, 0) is 47.3 Å². The molecule has 2 aromatic carbocycles. The maximum atomic E-state index is 14.0. The zero-order valence-corrected chi connectivity index (χ0v) is 17.2. The highest BCUT2D eigenvalue weighted by molar-refractivity contribution is 7.90. The summed E-state index contributed by atoms with van der Waals surface area (Å²) in [6, 6.07) is 7.93. The Morgan fingerprint density at radius 2 is 1.80 bits per heavy atom. The number of benzene rings is 2. The van der Waals surface area contributed by atoms with Crippen molar-refractivity contribution in [1.82, 2.24) is 4.57 Å². The predicted molar refractivity (Wildman–Crippen MR) is 112 cm³/mol. The van der Waals surface area contributed by atoms with E-state index in [2.05, 4.69) is 0 Å². The van der Waals surface area contributed by atoms with Crippen LogP contribution in [0, 0.1) is 11.6 Å². The summed E-state index contributed by atoms with van der Waals surface area (Å²) in [5.41, 5.74) is 6.34. The van der Waals surface area contributed by atoms with E-state index in [0.717, 1.165) is 23.1 Å². The van der Waals surface area contributed by atoms with E-state index >= 15 is 0 Å². The highest BCUT2D eigenvalue weighted by Crippen LogP contribution is 2.35. The van der Waals surface area contributed by atoms with Gasteiger partial charge in [0.15, 0.2) is 9.84 Å². The second-order valence-electron chi connectivity index (χ2n) is 6.97. The highest BCUT2D eigenvalue weighted by atomic mass is 32.2. The molecule has 0 aliphatic rings. The zero-order chi connectivity index (χ0) is 21.8. The van der Waals surface area contributed by atoms with E-state index in [1.807, 2.05) is 0 Å². The summed E-state index contributed by atoms with van der Waals surface area (Å²) in [4.78, 5) is 12.2. The standard InChI is InChI=1S/C20H16F2N2O4S2/c1-30(27,28)19(23)17-14-7-11(21)2-4-15(14)24(18(17)20(25)26)8-10-9-29-16-5-3-12(22)6-13(10)16/h2-7,9,19H,8,23H2,1H3,(H,25,26). The Labute approximate surface area is 174 Å². The lowest BCUT2D eigenvalue weighted by atomic mass is 10.1. The van der Waals surface area contributed by atoms with Crippen LogP contribution in [0.2, 0.25) is 0 Å². The number of fused-ring (bicyclic) bond motifs is 2. The molecule has 10 heteroatoms. The molecule has 30 heavy (non-hydrogen) atoms. The molecule has 0 aliphatic heterocycles. The molecule has 3 N–H and O–H groups in total. The minimum absolute atomic E-state index is 0.0176. The SMILES string of the molecule is CS(=O)(=O)C(N)c1c(C(=O)O)n(Cc2csc3ccc(F)cc23)c2ccc(F)cc12. The van der Waals surface area contributed by atoms with Crippen molar-refractivity contribution in [2.75, 3.05) is 6.26 Å². The number of hydrogen-bond acceptors (Lipinski definition) is 5. The van der Waals surface area contributed by atoms with E-state index < -0.39 is 32.8 Å². The summed E-state index contributed by atoms with van der Waals surface area (Å²) in [7, 11) is -3.87. The van der Waals surface area contributed by atoms with E-state index in [1.54, 1.807) is 11.4 Å². The lowest BCUT2D eigenvalue weighted by Crippen LogP contribution is -2.23. The summed E-state index contributed by atoms with van der Waals surface area (Å²) in [5.74, 6) is -2.48. The quantitative estimate of drug-likeness (QED) is 0.480. The minimum Gasteiger partial charge on any atom is -0.477 e. The fraction of sp³-hybridized carbons (Fsp3) is 0.150. The van der Waals surface area contributed by atoms with Crippen LogP contribution in [0.15, 0.2) is 41.8 Å². The third kappa shape index (κ3) is 3.36. The van der Waals surface area contributed by atoms with Crippen molar-refractivity contribution in [3.05, 3.63) is 70.2 Å². The largest absolute Gasteiger partial charge is 0.477 e. The minimum atomic E-state index is -3.87. The number of carboxylic acids is 1. The lowest BCUT2D eigenvalue weighted by molar-refractivity contribution is 0.0685. The molecule has 1 unspecified atom stereocenters. The van der Waals surface area contributed by atoms with Gasteiger partial charge in [0.2, 0.25) is 0 Å². The Morgan fingerprint density at radius 1 is 1.17 bits per heavy atom. The summed E-state index contributed by atoms with van der Waals surface area (Å²) in [5, 5.41) is 10.8. The fourth-order valence-corrected chi connectivity index (χ4v) is 5.20. The molecule has 1 atom stereocenters. The van der Waals surface area contributed by atoms with E-state index in [0.29, 0.717) is 16.5 Å². The summed E-state index contributed by atoms with van der Waals surface area (Å²) in [6.45, 7) is 0.0176. The van der Waals surface area contributed by atoms with E-state index in [4.69, 9.17) is 5.73 Å². The van der Waals surface area contributed by atoms with Gasteiger partial charge < -0.3 is 15.4 Å². The number of carboxylic acid groups (broad SMARTS) is 1. The van der Waals surface area contributed by atoms with Crippen LogP contribution in [-0.2, 0) is 16.4 Å². The van der Waals surface area contributed by atoms with Crippen LogP contribution in [0.3, 0.4) is 0 Å². The number of aromatic carboxylic acids is 1. The summed E-state index contributed by atoms with van der Waals surface area (Å²) >= 11 is 1.37. The van der Waals surface area contributed by atoms with Gasteiger partial charge in [0.05, 0.1) is 0 Å². The Hall–Kier alpha value is -2.82. The van der Waals surface area contributed by atoms with E-state index in [-0.39, 0.29) is 23.2 Å². The number of thiophene rings is 1. The van der Waals surface area contributed by atoms with E-state index in [9.17, 15) is 27.1 Å². The van der Waals surface area contributed by atoms with Gasteiger partial charge in [-0.25, -0.2) is 22.0 Å². The normalized spacial score (nSPS) is 13.2. The first-order valence-electron chi connectivity index (χ1n) is 8.73. The Kier molecular flexibility index (Phi) is 4.88. The summed E-state index contributed by atoms with van der Waals surface area (Å²) < 4.78 is 54.1. The van der Waals surface area contributed by atoms with Gasteiger partial charge in [0, 0.05) is 39.4 Å². The molecule has 2 aromatic heterocycles. The smallest absolute Gasteiger partial charge is 0.352 e. The van der Waals surface area contributed by atoms with Crippen molar-refractivity contribution in [2.24, 2.45) is 5.73 Å². The first-order valence-corrected chi connectivity index (χ1v) is 11.6. The maximum Gasteiger partial charge on any atom is 0.352 e. The molecule has 6 nitrogen and oxygen atoms in total. The van der Waals surface area contributed by atoms with Crippen LogP contribution in [0.25, 0.3) is 21.0 Å². The van der Waals surface area contributed by atoms with Gasteiger partial charge in [-0.15, -0.1) is 11.3 Å². The first kappa shape index (κ1) is 20.5. The van der Waals surface area contributed by atoms with Gasteiger partial charge in [-0.2, -0.15) is 0 Å². The Bertz CT molecular complexity index is 1420. The molecule has 2 heterocycles. The average Bonchev–Trinajstić information content (AvgIpc) is 3.19. The second-order valence-corrected chi connectivity index (χ2v) is 10.0. The highest BCUT2D eigenvalue weighted by Gasteiger charge is 2.31. The maximum absolute atomic E-state index is 14.0. The molecular formula is C20H16F2N2O4S2. The topological polar surface area (TPSA) is 102 Å². The Balaban J connectivity index is 2.03. The van der Waals surface area contributed by atoms with Crippen molar-refractivity contribution >= 4 is 48.1 Å². The molecule has 156 valence electrons. The number of aromatic nitrogens is 1. The molecule has 0 amide bonds. The molecule has 0 bridgehead atoms. The van der Waals surface area contributed by atoms with Gasteiger partial charge in [0.1, 0.15) is 22.7 Å². The van der Waals surface area contributed by atoms with Crippen LogP contribution in [0.1, 0.15) is 27.0 Å². The number of carbonyl (C=O) groups is 1. The molecule has 0 saturated carbocycles. The fourth-order valence-electron chi connectivity index (χ4n) is 3.60. The molecule has 0 radical (unpaired) electrons. The van der Waals surface area contributed by atoms with Crippen molar-refractivity contribution in [3.8, 4) is 0 Å². The number of hydrogen-bond donors (Lipinski definition) is 2. The number of rotatable bonds is 5. The number of nitrogens with zero attached hydrogens (tertiary/aromatic N) is 1. The molecule has 0 spiro atoms. The van der Waals surface area contributed by atoms with E-state index in [1.165, 1.54) is 34.1 Å². The zero-order valence-electron chi connectivity index (χ0n) is 15.6. The second kappa shape index (κ2) is 7.15. The molecule has 4 aromatic rings. The van der Waals surface area contributed by atoms with Crippen molar-refractivity contribution < 1.29 is 27.1 Å². The molecule has 0 aliphatic carbocycles. The first-order chi connectivity index (χ1) is 14.1. The van der Waals surface area contributed by atoms with Gasteiger partial charge in [-0.3, -0.25) is 0 Å². The monoisotopic (exact) mass is 450 g/mol. The van der Waals surface area contributed by atoms with Gasteiger partial charge in [-0.1, -0.05) is 0 Å². The third-order valence-corrected chi connectivity index (χ3v) is 7.13. The van der Waals surface area contributed by atoms with Crippen LogP contribution >= 0.6 is 11.3 Å². The van der Waals surface area contributed by atoms with Crippen LogP contribution in [0.4, 0.5) is 8.78 Å². The van der Waals surface area contributed by atoms with Crippen LogP contribution in [0.5, 0.6) is 0 Å². The molecule has 4 rings (SSSR count). The third-order valence-electron chi connectivity index (χ3n) is 4.96. The number of sulfone groups is 1. The van der Waals surface area contributed by atoms with Gasteiger partial charge in [0.25, 0.3) is 0 Å². The van der Waals surface area contributed by atoms with Crippen molar-refractivity contribution in [3.63, 3.8) is 0 Å². The average molecular weight is 450 g/mol. The number of nitrogens with two attached hydrogens (primary N) is 1. The molecule has 0 fully saturated rings. The molecule has 0 saturated heterocycles. The van der Waals surface area contributed by atoms with Crippen LogP contribution < -0.4 is 5.73 Å². The predicted octanol–water partition coefficient (Wildman–Crippen LogP) is 3.88. The lowest BCUT2D eigenvalue weighted by Gasteiger charge is -2.12. The van der Waals surface area contributed by atoms with Gasteiger partial charge >= 0.3 is 5.97 Å². The number of halogens is 2. The Morgan fingerprint density at radius 3 is 2.43 bits per heavy atom.